The summed E-state index contributed by atoms with van der Waals surface area (Å²) in [6.45, 7) is 4.26. The maximum absolute atomic E-state index is 13.5. The Bertz CT molecular complexity index is 1370. The van der Waals surface area contributed by atoms with Crippen molar-refractivity contribution in [2.75, 3.05) is 0 Å². The number of nitrogens with zero attached hydrogens (tertiary/aromatic N) is 1. The van der Waals surface area contributed by atoms with Crippen molar-refractivity contribution in [3.8, 4) is 5.75 Å². The van der Waals surface area contributed by atoms with E-state index < -0.39 is 6.04 Å². The van der Waals surface area contributed by atoms with Crippen molar-refractivity contribution >= 4 is 16.9 Å². The summed E-state index contributed by atoms with van der Waals surface area (Å²) in [5.74, 6) is -0.0979. The summed E-state index contributed by atoms with van der Waals surface area (Å²) in [4.78, 5) is 28.6. The molecule has 1 N–H and O–H groups in total. The monoisotopic (exact) mass is 411 g/mol. The highest BCUT2D eigenvalue weighted by atomic mass is 16.3. The Balaban J connectivity index is 1.72. The van der Waals surface area contributed by atoms with Crippen molar-refractivity contribution in [1.82, 2.24) is 4.90 Å². The molecule has 0 saturated carbocycles. The molecule has 0 radical (unpaired) electrons. The summed E-state index contributed by atoms with van der Waals surface area (Å²) in [5, 5.41) is 10.2. The number of aromatic hydroxyl groups is 1. The molecule has 5 rings (SSSR count). The molecule has 4 aromatic rings. The van der Waals surface area contributed by atoms with E-state index in [1.165, 1.54) is 0 Å². The SMILES string of the molecule is Cc1ccc(CN2C(=O)c3oc4ccc(C)cc4c(=O)c3[C@@H]2c2ccc(O)cc2)cc1. The van der Waals surface area contributed by atoms with Crippen molar-refractivity contribution in [3.63, 3.8) is 0 Å². The van der Waals surface area contributed by atoms with E-state index in [1.54, 1.807) is 41.3 Å². The summed E-state index contributed by atoms with van der Waals surface area (Å²) >= 11 is 0. The molecule has 1 atom stereocenters. The van der Waals surface area contributed by atoms with Gasteiger partial charge in [-0.1, -0.05) is 53.6 Å². The lowest BCUT2D eigenvalue weighted by Gasteiger charge is -2.25. The van der Waals surface area contributed by atoms with E-state index in [2.05, 4.69) is 0 Å². The van der Waals surface area contributed by atoms with Crippen LogP contribution in [0.4, 0.5) is 0 Å². The normalized spacial score (nSPS) is 15.5. The Morgan fingerprint density at radius 3 is 2.29 bits per heavy atom. The molecule has 1 amide bonds. The van der Waals surface area contributed by atoms with E-state index >= 15 is 0 Å². The summed E-state index contributed by atoms with van der Waals surface area (Å²) < 4.78 is 5.97. The minimum atomic E-state index is -0.592. The van der Waals surface area contributed by atoms with Crippen molar-refractivity contribution in [3.05, 3.63) is 111 Å². The molecule has 5 heteroatoms. The largest absolute Gasteiger partial charge is 0.508 e. The molecular weight excluding hydrogens is 390 g/mol. The van der Waals surface area contributed by atoms with E-state index in [9.17, 15) is 14.7 Å². The van der Waals surface area contributed by atoms with Crippen molar-refractivity contribution in [1.29, 1.82) is 0 Å². The molecule has 0 aliphatic carbocycles. The van der Waals surface area contributed by atoms with Gasteiger partial charge in [0.05, 0.1) is 17.0 Å². The standard InChI is InChI=1S/C26H21NO4/c1-15-3-6-17(7-4-15)14-27-23(18-8-10-19(28)11-9-18)22-24(29)20-13-16(2)5-12-21(20)31-25(22)26(27)30/h3-13,23,28H,14H2,1-2H3/t23-/m0/s1. The number of aryl methyl sites for hydroxylation is 2. The maximum Gasteiger partial charge on any atom is 0.291 e. The molecule has 0 saturated heterocycles. The van der Waals surface area contributed by atoms with Gasteiger partial charge in [-0.2, -0.15) is 0 Å². The van der Waals surface area contributed by atoms with Crippen LogP contribution < -0.4 is 5.43 Å². The van der Waals surface area contributed by atoms with Gasteiger partial charge in [-0.25, -0.2) is 0 Å². The number of benzene rings is 3. The first-order valence-electron chi connectivity index (χ1n) is 10.1. The van der Waals surface area contributed by atoms with E-state index in [4.69, 9.17) is 4.42 Å². The number of fused-ring (bicyclic) bond motifs is 2. The average Bonchev–Trinajstić information content (AvgIpc) is 3.03. The lowest BCUT2D eigenvalue weighted by molar-refractivity contribution is 0.0714. The Labute approximate surface area is 179 Å². The predicted octanol–water partition coefficient (Wildman–Crippen LogP) is 4.86. The third-order valence-corrected chi connectivity index (χ3v) is 5.80. The third-order valence-electron chi connectivity index (χ3n) is 5.80. The zero-order chi connectivity index (χ0) is 21.7. The minimum absolute atomic E-state index is 0.0894. The van der Waals surface area contributed by atoms with Gasteiger partial charge in [0.2, 0.25) is 5.76 Å². The van der Waals surface area contributed by atoms with Crippen LogP contribution in [0.3, 0.4) is 0 Å². The zero-order valence-electron chi connectivity index (χ0n) is 17.3. The highest BCUT2D eigenvalue weighted by Crippen LogP contribution is 2.39. The molecule has 3 aromatic carbocycles. The highest BCUT2D eigenvalue weighted by molar-refractivity contribution is 5.99. The fourth-order valence-electron chi connectivity index (χ4n) is 4.19. The molecule has 1 aliphatic heterocycles. The van der Waals surface area contributed by atoms with Crippen molar-refractivity contribution in [2.45, 2.75) is 26.4 Å². The molecule has 0 fully saturated rings. The van der Waals surface area contributed by atoms with E-state index in [0.29, 0.717) is 23.1 Å². The van der Waals surface area contributed by atoms with Gasteiger partial charge in [0.1, 0.15) is 11.3 Å². The molecule has 0 unspecified atom stereocenters. The van der Waals surface area contributed by atoms with Crippen LogP contribution in [-0.2, 0) is 6.54 Å². The highest BCUT2D eigenvalue weighted by Gasteiger charge is 2.42. The van der Waals surface area contributed by atoms with Crippen LogP contribution in [0.1, 0.15) is 44.4 Å². The number of phenolic OH excluding ortho intramolecular Hbond substituents is 1. The Morgan fingerprint density at radius 1 is 0.903 bits per heavy atom. The van der Waals surface area contributed by atoms with Gasteiger partial charge < -0.3 is 14.4 Å². The minimum Gasteiger partial charge on any atom is -0.508 e. The molecular formula is C26H21NO4. The van der Waals surface area contributed by atoms with Gasteiger partial charge in [0.15, 0.2) is 5.43 Å². The maximum atomic E-state index is 13.5. The lowest BCUT2D eigenvalue weighted by Crippen LogP contribution is -2.29. The molecule has 0 spiro atoms. The van der Waals surface area contributed by atoms with Crippen LogP contribution in [0.5, 0.6) is 5.75 Å². The van der Waals surface area contributed by atoms with Gasteiger partial charge in [-0.05, 0) is 49.2 Å². The topological polar surface area (TPSA) is 70.8 Å². The summed E-state index contributed by atoms with van der Waals surface area (Å²) in [6.07, 6.45) is 0. The Morgan fingerprint density at radius 2 is 1.58 bits per heavy atom. The van der Waals surface area contributed by atoms with Gasteiger partial charge in [0, 0.05) is 6.54 Å². The average molecular weight is 411 g/mol. The smallest absolute Gasteiger partial charge is 0.291 e. The first-order valence-corrected chi connectivity index (χ1v) is 10.1. The molecule has 31 heavy (non-hydrogen) atoms. The summed E-state index contributed by atoms with van der Waals surface area (Å²) in [6, 6.07) is 19.4. The number of hydrogen-bond donors (Lipinski definition) is 1. The third kappa shape index (κ3) is 3.19. The van der Waals surface area contributed by atoms with Crippen molar-refractivity contribution < 1.29 is 14.3 Å². The number of carbonyl (C=O) groups is 1. The molecule has 154 valence electrons. The molecule has 0 bridgehead atoms. The van der Waals surface area contributed by atoms with Gasteiger partial charge in [0.25, 0.3) is 5.91 Å². The Kier molecular flexibility index (Phi) is 4.40. The molecule has 5 nitrogen and oxygen atoms in total. The van der Waals surface area contributed by atoms with Gasteiger partial charge in [-0.15, -0.1) is 0 Å². The van der Waals surface area contributed by atoms with Crippen LogP contribution in [0.2, 0.25) is 0 Å². The first-order chi connectivity index (χ1) is 14.9. The summed E-state index contributed by atoms with van der Waals surface area (Å²) in [5.41, 5.74) is 4.35. The molecule has 1 aromatic heterocycles. The number of rotatable bonds is 3. The second-order valence-electron chi connectivity index (χ2n) is 8.09. The molecule has 2 heterocycles. The van der Waals surface area contributed by atoms with E-state index in [1.807, 2.05) is 44.2 Å². The number of amides is 1. The fourth-order valence-corrected chi connectivity index (χ4v) is 4.19. The molecule has 1 aliphatic rings. The van der Waals surface area contributed by atoms with Gasteiger partial charge >= 0.3 is 0 Å². The zero-order valence-corrected chi connectivity index (χ0v) is 17.3. The van der Waals surface area contributed by atoms with Crippen molar-refractivity contribution in [2.24, 2.45) is 0 Å². The Hall–Kier alpha value is -3.86. The fraction of sp³-hybridized carbons (Fsp3) is 0.154. The van der Waals surface area contributed by atoms with Crippen LogP contribution >= 0.6 is 0 Å². The van der Waals surface area contributed by atoms with E-state index in [-0.39, 0.29) is 22.8 Å². The van der Waals surface area contributed by atoms with Crippen LogP contribution in [0.25, 0.3) is 11.0 Å². The first kappa shape index (κ1) is 19.1. The van der Waals surface area contributed by atoms with Crippen LogP contribution in [0.15, 0.2) is 75.9 Å². The quantitative estimate of drug-likeness (QED) is 0.523. The summed E-state index contributed by atoms with van der Waals surface area (Å²) in [7, 11) is 0. The number of phenols is 1. The lowest BCUT2D eigenvalue weighted by atomic mass is 9.98. The van der Waals surface area contributed by atoms with Crippen LogP contribution in [0, 0.1) is 13.8 Å². The second-order valence-corrected chi connectivity index (χ2v) is 8.09. The number of hydrogen-bond acceptors (Lipinski definition) is 4. The second kappa shape index (κ2) is 7.13. The van der Waals surface area contributed by atoms with Gasteiger partial charge in [-0.3, -0.25) is 9.59 Å². The van der Waals surface area contributed by atoms with E-state index in [0.717, 1.165) is 22.3 Å². The predicted molar refractivity (Wildman–Crippen MR) is 118 cm³/mol. The van der Waals surface area contributed by atoms with Crippen LogP contribution in [-0.4, -0.2) is 15.9 Å². The number of carbonyl (C=O) groups excluding carboxylic acids is 1.